The normalized spacial score (nSPS) is 14.0. The number of ketones is 1. The van der Waals surface area contributed by atoms with Crippen LogP contribution in [0, 0.1) is 0 Å². The van der Waals surface area contributed by atoms with Crippen LogP contribution in [0.4, 0.5) is 0 Å². The fraction of sp³-hybridized carbons (Fsp3) is 0.267. The van der Waals surface area contributed by atoms with Crippen molar-refractivity contribution < 1.29 is 9.53 Å². The van der Waals surface area contributed by atoms with Gasteiger partial charge in [0.05, 0.1) is 11.4 Å². The van der Waals surface area contributed by atoms with E-state index in [1.54, 1.807) is 12.3 Å². The molecular weight excluding hydrogens is 240 g/mol. The molecule has 0 amide bonds. The Kier molecular flexibility index (Phi) is 3.23. The lowest BCUT2D eigenvalue weighted by Crippen LogP contribution is -2.13. The van der Waals surface area contributed by atoms with Gasteiger partial charge in [0.15, 0.2) is 5.78 Å². The fourth-order valence-corrected chi connectivity index (χ4v) is 2.19. The Morgan fingerprint density at radius 2 is 2.11 bits per heavy atom. The molecule has 0 fully saturated rings. The summed E-state index contributed by atoms with van der Waals surface area (Å²) in [4.78, 5) is 20.3. The monoisotopic (exact) mass is 254 g/mol. The number of hydrogen-bond donors (Lipinski definition) is 0. The number of carbonyl (C=O) groups is 1. The Morgan fingerprint density at radius 1 is 1.16 bits per heavy atom. The minimum Gasteiger partial charge on any atom is -0.471 e. The van der Waals surface area contributed by atoms with Gasteiger partial charge in [-0.05, 0) is 31.0 Å². The Morgan fingerprint density at radius 3 is 2.95 bits per heavy atom. The van der Waals surface area contributed by atoms with Gasteiger partial charge < -0.3 is 4.74 Å². The van der Waals surface area contributed by atoms with Crippen LogP contribution >= 0.6 is 0 Å². The molecule has 0 saturated carbocycles. The minimum atomic E-state index is 0.185. The van der Waals surface area contributed by atoms with Crippen molar-refractivity contribution in [2.24, 2.45) is 0 Å². The quantitative estimate of drug-likeness (QED) is 0.844. The largest absolute Gasteiger partial charge is 0.471 e. The van der Waals surface area contributed by atoms with Crippen LogP contribution in [-0.4, -0.2) is 15.8 Å². The number of hydrogen-bond acceptors (Lipinski definition) is 4. The van der Waals surface area contributed by atoms with Crippen molar-refractivity contribution in [1.29, 1.82) is 0 Å². The summed E-state index contributed by atoms with van der Waals surface area (Å²) in [6.07, 6.45) is 4.09. The first-order valence-electron chi connectivity index (χ1n) is 6.39. The average molecular weight is 254 g/mol. The van der Waals surface area contributed by atoms with Crippen molar-refractivity contribution in [3.8, 4) is 5.88 Å². The summed E-state index contributed by atoms with van der Waals surface area (Å²) in [6, 6.07) is 9.27. The summed E-state index contributed by atoms with van der Waals surface area (Å²) in [7, 11) is 0. The number of aryl methyl sites for hydroxylation is 1. The van der Waals surface area contributed by atoms with Gasteiger partial charge in [0.1, 0.15) is 6.61 Å². The third-order valence-electron chi connectivity index (χ3n) is 3.16. The maximum absolute atomic E-state index is 11.7. The molecule has 2 aromatic rings. The lowest BCUT2D eigenvalue weighted by molar-refractivity contribution is 0.0971. The second-order valence-corrected chi connectivity index (χ2v) is 4.53. The van der Waals surface area contributed by atoms with Crippen LogP contribution in [0.5, 0.6) is 5.88 Å². The highest BCUT2D eigenvalue weighted by Crippen LogP contribution is 2.22. The average Bonchev–Trinajstić information content (AvgIpc) is 2.46. The van der Waals surface area contributed by atoms with Crippen LogP contribution < -0.4 is 4.74 Å². The Labute approximate surface area is 111 Å². The molecule has 0 radical (unpaired) electrons. The molecule has 2 aromatic heterocycles. The SMILES string of the molecule is O=C1CCCc2nc(OCc3ccccn3)ccc21. The van der Waals surface area contributed by atoms with Crippen molar-refractivity contribution in [2.75, 3.05) is 0 Å². The van der Waals surface area contributed by atoms with Gasteiger partial charge in [-0.3, -0.25) is 9.78 Å². The molecule has 96 valence electrons. The summed E-state index contributed by atoms with van der Waals surface area (Å²) in [5.74, 6) is 0.740. The van der Waals surface area contributed by atoms with Crippen molar-refractivity contribution in [3.63, 3.8) is 0 Å². The first-order valence-corrected chi connectivity index (χ1v) is 6.39. The number of ether oxygens (including phenoxy) is 1. The van der Waals surface area contributed by atoms with E-state index in [4.69, 9.17) is 4.74 Å². The summed E-state index contributed by atoms with van der Waals surface area (Å²) < 4.78 is 5.61. The third-order valence-corrected chi connectivity index (χ3v) is 3.16. The summed E-state index contributed by atoms with van der Waals surface area (Å²) in [6.45, 7) is 0.389. The molecule has 3 rings (SSSR count). The predicted molar refractivity (Wildman–Crippen MR) is 70.1 cm³/mol. The molecule has 0 aliphatic heterocycles. The highest BCUT2D eigenvalue weighted by atomic mass is 16.5. The van der Waals surface area contributed by atoms with E-state index in [0.29, 0.717) is 18.9 Å². The topological polar surface area (TPSA) is 52.1 Å². The number of pyridine rings is 2. The number of fused-ring (bicyclic) bond motifs is 1. The van der Waals surface area contributed by atoms with E-state index in [2.05, 4.69) is 9.97 Å². The van der Waals surface area contributed by atoms with Crippen molar-refractivity contribution >= 4 is 5.78 Å². The summed E-state index contributed by atoms with van der Waals surface area (Å²) >= 11 is 0. The second-order valence-electron chi connectivity index (χ2n) is 4.53. The fourth-order valence-electron chi connectivity index (χ4n) is 2.19. The van der Waals surface area contributed by atoms with Crippen LogP contribution in [0.15, 0.2) is 36.5 Å². The number of aromatic nitrogens is 2. The van der Waals surface area contributed by atoms with Crippen molar-refractivity contribution in [3.05, 3.63) is 53.5 Å². The first-order chi connectivity index (χ1) is 9.33. The molecule has 4 heteroatoms. The van der Waals surface area contributed by atoms with Gasteiger partial charge in [-0.15, -0.1) is 0 Å². The lowest BCUT2D eigenvalue weighted by atomic mass is 9.95. The highest BCUT2D eigenvalue weighted by molar-refractivity contribution is 5.98. The van der Waals surface area contributed by atoms with E-state index < -0.39 is 0 Å². The van der Waals surface area contributed by atoms with E-state index in [0.717, 1.165) is 29.8 Å². The molecule has 0 unspecified atom stereocenters. The van der Waals surface area contributed by atoms with Crippen LogP contribution in [0.3, 0.4) is 0 Å². The minimum absolute atomic E-state index is 0.185. The molecule has 1 aliphatic carbocycles. The number of Topliss-reactive ketones (excluding diaryl/α,β-unsaturated/α-hetero) is 1. The molecule has 0 atom stereocenters. The van der Waals surface area contributed by atoms with Crippen molar-refractivity contribution in [1.82, 2.24) is 9.97 Å². The highest BCUT2D eigenvalue weighted by Gasteiger charge is 2.18. The van der Waals surface area contributed by atoms with Gasteiger partial charge in [-0.2, -0.15) is 0 Å². The zero-order valence-corrected chi connectivity index (χ0v) is 10.5. The second kappa shape index (κ2) is 5.18. The molecule has 0 saturated heterocycles. The van der Waals surface area contributed by atoms with Crippen LogP contribution in [0.2, 0.25) is 0 Å². The van der Waals surface area contributed by atoms with Gasteiger partial charge in [0.25, 0.3) is 0 Å². The molecular formula is C15H14N2O2. The van der Waals surface area contributed by atoms with Crippen molar-refractivity contribution in [2.45, 2.75) is 25.9 Å². The Hall–Kier alpha value is -2.23. The number of nitrogens with zero attached hydrogens (tertiary/aromatic N) is 2. The summed E-state index contributed by atoms with van der Waals surface area (Å²) in [5, 5.41) is 0. The number of carbonyl (C=O) groups excluding carboxylic acids is 1. The van der Waals surface area contributed by atoms with Crippen LogP contribution in [-0.2, 0) is 13.0 Å². The van der Waals surface area contributed by atoms with Crippen LogP contribution in [0.25, 0.3) is 0 Å². The molecule has 1 aliphatic rings. The van der Waals surface area contributed by atoms with Gasteiger partial charge >= 0.3 is 0 Å². The van der Waals surface area contributed by atoms with Gasteiger partial charge in [-0.1, -0.05) is 6.07 Å². The molecule has 0 spiro atoms. The molecule has 4 nitrogen and oxygen atoms in total. The van der Waals surface area contributed by atoms with E-state index >= 15 is 0 Å². The van der Waals surface area contributed by atoms with Gasteiger partial charge in [0, 0.05) is 24.2 Å². The van der Waals surface area contributed by atoms with E-state index in [-0.39, 0.29) is 5.78 Å². The van der Waals surface area contributed by atoms with E-state index in [1.165, 1.54) is 0 Å². The van der Waals surface area contributed by atoms with Gasteiger partial charge in [-0.25, -0.2) is 4.98 Å². The molecule has 19 heavy (non-hydrogen) atoms. The van der Waals surface area contributed by atoms with E-state index in [1.807, 2.05) is 24.3 Å². The predicted octanol–water partition coefficient (Wildman–Crippen LogP) is 2.57. The maximum Gasteiger partial charge on any atom is 0.213 e. The Balaban J connectivity index is 1.74. The molecule has 0 bridgehead atoms. The zero-order chi connectivity index (χ0) is 13.1. The smallest absolute Gasteiger partial charge is 0.213 e. The third kappa shape index (κ3) is 2.62. The summed E-state index contributed by atoms with van der Waals surface area (Å²) in [5.41, 5.74) is 2.46. The van der Waals surface area contributed by atoms with Crippen LogP contribution in [0.1, 0.15) is 34.6 Å². The van der Waals surface area contributed by atoms with Gasteiger partial charge in [0.2, 0.25) is 5.88 Å². The van der Waals surface area contributed by atoms with E-state index in [9.17, 15) is 4.79 Å². The standard InChI is InChI=1S/C15H14N2O2/c18-14-6-3-5-13-12(14)7-8-15(17-13)19-10-11-4-1-2-9-16-11/h1-2,4,7-9H,3,5-6,10H2. The first kappa shape index (κ1) is 11.8. The maximum atomic E-state index is 11.7. The lowest BCUT2D eigenvalue weighted by Gasteiger charge is -2.14. The molecule has 2 heterocycles. The zero-order valence-electron chi connectivity index (χ0n) is 10.5. The number of rotatable bonds is 3. The molecule has 0 aromatic carbocycles. The molecule has 0 N–H and O–H groups in total. The Bertz CT molecular complexity index is 596.